The second-order valence-electron chi connectivity index (χ2n) is 6.12. The Morgan fingerprint density at radius 3 is 2.52 bits per heavy atom. The fourth-order valence-corrected chi connectivity index (χ4v) is 3.01. The Morgan fingerprint density at radius 1 is 1.33 bits per heavy atom. The van der Waals surface area contributed by atoms with Gasteiger partial charge < -0.3 is 20.6 Å². The van der Waals surface area contributed by atoms with Crippen molar-refractivity contribution in [1.29, 1.82) is 0 Å². The summed E-state index contributed by atoms with van der Waals surface area (Å²) in [6, 6.07) is 5.59. The molecule has 5 nitrogen and oxygen atoms in total. The second kappa shape index (κ2) is 6.35. The van der Waals surface area contributed by atoms with Crippen molar-refractivity contribution in [3.63, 3.8) is 0 Å². The van der Waals surface area contributed by atoms with E-state index in [4.69, 9.17) is 0 Å². The second-order valence-corrected chi connectivity index (χ2v) is 6.12. The van der Waals surface area contributed by atoms with E-state index in [0.29, 0.717) is 0 Å². The fraction of sp³-hybridized carbons (Fsp3) is 0.562. The number of aliphatic hydroxyl groups excluding tert-OH is 1. The number of aliphatic hydroxyl groups is 1. The lowest BCUT2D eigenvalue weighted by molar-refractivity contribution is 0.167. The Bertz CT molecular complexity index is 508. The number of anilines is 2. The van der Waals surface area contributed by atoms with Crippen molar-refractivity contribution in [2.45, 2.75) is 38.1 Å². The zero-order valence-corrected chi connectivity index (χ0v) is 13.1. The number of aryl methyl sites for hydroxylation is 1. The predicted octanol–water partition coefficient (Wildman–Crippen LogP) is 2.49. The molecule has 0 atom stereocenters. The van der Waals surface area contributed by atoms with Crippen molar-refractivity contribution in [2.75, 3.05) is 30.9 Å². The zero-order valence-electron chi connectivity index (χ0n) is 13.1. The van der Waals surface area contributed by atoms with Crippen LogP contribution in [-0.4, -0.2) is 37.4 Å². The molecular formula is C16H25N3O2. The summed E-state index contributed by atoms with van der Waals surface area (Å²) in [4.78, 5) is 14.2. The number of benzene rings is 1. The van der Waals surface area contributed by atoms with E-state index in [1.807, 2.05) is 44.1 Å². The molecule has 0 spiro atoms. The number of rotatable bonds is 4. The van der Waals surface area contributed by atoms with Crippen LogP contribution in [0.1, 0.15) is 31.2 Å². The van der Waals surface area contributed by atoms with Crippen LogP contribution in [0, 0.1) is 6.92 Å². The topological polar surface area (TPSA) is 64.6 Å². The van der Waals surface area contributed by atoms with Crippen LogP contribution in [0.5, 0.6) is 0 Å². The van der Waals surface area contributed by atoms with E-state index in [-0.39, 0.29) is 12.6 Å². The van der Waals surface area contributed by atoms with E-state index >= 15 is 0 Å². The molecule has 0 bridgehead atoms. The highest BCUT2D eigenvalue weighted by Crippen LogP contribution is 2.29. The molecule has 0 aliphatic heterocycles. The van der Waals surface area contributed by atoms with Crippen molar-refractivity contribution in [3.05, 3.63) is 23.8 Å². The van der Waals surface area contributed by atoms with E-state index in [9.17, 15) is 9.90 Å². The van der Waals surface area contributed by atoms with Crippen molar-refractivity contribution in [3.8, 4) is 0 Å². The Hall–Kier alpha value is -1.75. The van der Waals surface area contributed by atoms with Gasteiger partial charge >= 0.3 is 6.03 Å². The molecule has 3 N–H and O–H groups in total. The molecular weight excluding hydrogens is 266 g/mol. The SMILES string of the molecule is Cc1cc(NC(=O)NC2(CO)CCCC2)ccc1N(C)C. The molecule has 2 amide bonds. The van der Waals surface area contributed by atoms with Crippen LogP contribution in [0.2, 0.25) is 0 Å². The first-order valence-corrected chi connectivity index (χ1v) is 7.44. The number of nitrogens with one attached hydrogen (secondary N) is 2. The van der Waals surface area contributed by atoms with Gasteiger partial charge in [-0.25, -0.2) is 4.79 Å². The van der Waals surface area contributed by atoms with E-state index in [2.05, 4.69) is 10.6 Å². The average Bonchev–Trinajstić information content (AvgIpc) is 2.87. The van der Waals surface area contributed by atoms with Gasteiger partial charge in [0.05, 0.1) is 12.1 Å². The van der Waals surface area contributed by atoms with Crippen LogP contribution in [0.15, 0.2) is 18.2 Å². The normalized spacial score (nSPS) is 16.6. The molecule has 1 aliphatic rings. The number of carbonyl (C=O) groups excluding carboxylic acids is 1. The van der Waals surface area contributed by atoms with Gasteiger partial charge in [0, 0.05) is 25.5 Å². The maximum atomic E-state index is 12.1. The smallest absolute Gasteiger partial charge is 0.319 e. The lowest BCUT2D eigenvalue weighted by Crippen LogP contribution is -2.50. The first-order valence-electron chi connectivity index (χ1n) is 7.44. The van der Waals surface area contributed by atoms with Crippen LogP contribution in [0.25, 0.3) is 0 Å². The highest BCUT2D eigenvalue weighted by atomic mass is 16.3. The average molecular weight is 291 g/mol. The highest BCUT2D eigenvalue weighted by molar-refractivity contribution is 5.90. The number of nitrogens with zero attached hydrogens (tertiary/aromatic N) is 1. The van der Waals surface area contributed by atoms with E-state index in [1.165, 1.54) is 0 Å². The molecule has 0 heterocycles. The van der Waals surface area contributed by atoms with Gasteiger partial charge in [-0.3, -0.25) is 0 Å². The molecule has 0 aromatic heterocycles. The summed E-state index contributed by atoms with van der Waals surface area (Å²) >= 11 is 0. The third-order valence-corrected chi connectivity index (χ3v) is 4.18. The van der Waals surface area contributed by atoms with Gasteiger partial charge in [-0.1, -0.05) is 12.8 Å². The Balaban J connectivity index is 2.01. The number of amides is 2. The molecule has 0 saturated heterocycles. The minimum atomic E-state index is -0.442. The molecule has 0 unspecified atom stereocenters. The molecule has 0 radical (unpaired) electrons. The van der Waals surface area contributed by atoms with Gasteiger partial charge in [0.25, 0.3) is 0 Å². The Kier molecular flexibility index (Phi) is 4.73. The third-order valence-electron chi connectivity index (χ3n) is 4.18. The summed E-state index contributed by atoms with van der Waals surface area (Å²) in [6.07, 6.45) is 3.79. The summed E-state index contributed by atoms with van der Waals surface area (Å²) in [5.41, 5.74) is 2.56. The monoisotopic (exact) mass is 291 g/mol. The van der Waals surface area contributed by atoms with Crippen molar-refractivity contribution in [1.82, 2.24) is 5.32 Å². The molecule has 1 aliphatic carbocycles. The van der Waals surface area contributed by atoms with Crippen LogP contribution in [-0.2, 0) is 0 Å². The molecule has 1 fully saturated rings. The lowest BCUT2D eigenvalue weighted by atomic mass is 9.99. The maximum absolute atomic E-state index is 12.1. The number of hydrogen-bond donors (Lipinski definition) is 3. The van der Waals surface area contributed by atoms with Gasteiger partial charge in [-0.2, -0.15) is 0 Å². The molecule has 116 valence electrons. The van der Waals surface area contributed by atoms with Gasteiger partial charge in [0.2, 0.25) is 0 Å². The first-order chi connectivity index (χ1) is 9.96. The quantitative estimate of drug-likeness (QED) is 0.798. The van der Waals surface area contributed by atoms with Crippen molar-refractivity contribution < 1.29 is 9.90 Å². The summed E-state index contributed by atoms with van der Waals surface area (Å²) in [5.74, 6) is 0. The molecule has 2 rings (SSSR count). The number of carbonyl (C=O) groups is 1. The first kappa shape index (κ1) is 15.6. The molecule has 5 heteroatoms. The molecule has 21 heavy (non-hydrogen) atoms. The Labute approximate surface area is 126 Å². The molecule has 1 aromatic carbocycles. The van der Waals surface area contributed by atoms with Crippen molar-refractivity contribution in [2.24, 2.45) is 0 Å². The van der Waals surface area contributed by atoms with Crippen LogP contribution in [0.3, 0.4) is 0 Å². The van der Waals surface area contributed by atoms with Crippen LogP contribution in [0.4, 0.5) is 16.2 Å². The summed E-state index contributed by atoms with van der Waals surface area (Å²) in [6.45, 7) is 2.02. The minimum Gasteiger partial charge on any atom is -0.394 e. The maximum Gasteiger partial charge on any atom is 0.319 e. The van der Waals surface area contributed by atoms with Gasteiger partial charge in [-0.05, 0) is 43.5 Å². The lowest BCUT2D eigenvalue weighted by Gasteiger charge is -2.28. The van der Waals surface area contributed by atoms with Gasteiger partial charge in [0.1, 0.15) is 0 Å². The summed E-state index contributed by atoms with van der Waals surface area (Å²) < 4.78 is 0. The van der Waals surface area contributed by atoms with Gasteiger partial charge in [0.15, 0.2) is 0 Å². The zero-order chi connectivity index (χ0) is 15.5. The summed E-state index contributed by atoms with van der Waals surface area (Å²) in [7, 11) is 3.99. The van der Waals surface area contributed by atoms with E-state index < -0.39 is 5.54 Å². The van der Waals surface area contributed by atoms with E-state index in [1.54, 1.807) is 0 Å². The molecule has 1 aromatic rings. The molecule has 1 saturated carbocycles. The largest absolute Gasteiger partial charge is 0.394 e. The van der Waals surface area contributed by atoms with Crippen molar-refractivity contribution >= 4 is 17.4 Å². The number of urea groups is 1. The van der Waals surface area contributed by atoms with Crippen LogP contribution < -0.4 is 15.5 Å². The minimum absolute atomic E-state index is 0.000977. The predicted molar refractivity (Wildman–Crippen MR) is 85.9 cm³/mol. The third kappa shape index (κ3) is 3.67. The van der Waals surface area contributed by atoms with Gasteiger partial charge in [-0.15, -0.1) is 0 Å². The standard InChI is InChI=1S/C16H25N3O2/c1-12-10-13(6-7-14(12)19(2)3)17-15(21)18-16(11-20)8-4-5-9-16/h6-7,10,20H,4-5,8-9,11H2,1-3H3,(H2,17,18,21). The Morgan fingerprint density at radius 2 is 2.00 bits per heavy atom. The fourth-order valence-electron chi connectivity index (χ4n) is 3.01. The highest BCUT2D eigenvalue weighted by Gasteiger charge is 2.34. The van der Waals surface area contributed by atoms with Crippen LogP contribution >= 0.6 is 0 Å². The number of hydrogen-bond acceptors (Lipinski definition) is 3. The summed E-state index contributed by atoms with van der Waals surface area (Å²) in [5, 5.41) is 15.3. The van der Waals surface area contributed by atoms with E-state index in [0.717, 1.165) is 42.6 Å².